The van der Waals surface area contributed by atoms with Crippen LogP contribution < -0.4 is 0 Å². The predicted octanol–water partition coefficient (Wildman–Crippen LogP) is 2.54. The highest BCUT2D eigenvalue weighted by Crippen LogP contribution is 2.29. The van der Waals surface area contributed by atoms with Gasteiger partial charge in [0, 0.05) is 10.9 Å². The summed E-state index contributed by atoms with van der Waals surface area (Å²) in [5.74, 6) is -1.99. The zero-order chi connectivity index (χ0) is 18.0. The highest BCUT2D eigenvalue weighted by atomic mass is 79.9. The Hall–Kier alpha value is -1.00. The molecule has 1 aliphatic rings. The van der Waals surface area contributed by atoms with Crippen molar-refractivity contribution in [1.29, 1.82) is 0 Å². The quantitative estimate of drug-likeness (QED) is 0.702. The lowest BCUT2D eigenvalue weighted by Crippen LogP contribution is -2.47. The molecular formula is C15H19BrO7S. The maximum absolute atomic E-state index is 12.2. The minimum atomic E-state index is -3.91. The van der Waals surface area contributed by atoms with E-state index in [1.807, 2.05) is 0 Å². The van der Waals surface area contributed by atoms with Crippen molar-refractivity contribution in [1.82, 2.24) is 0 Å². The van der Waals surface area contributed by atoms with Crippen LogP contribution in [-0.2, 0) is 28.6 Å². The van der Waals surface area contributed by atoms with Crippen LogP contribution in [0.1, 0.15) is 26.7 Å². The van der Waals surface area contributed by atoms with Crippen LogP contribution >= 0.6 is 15.9 Å². The van der Waals surface area contributed by atoms with Gasteiger partial charge >= 0.3 is 5.97 Å². The third kappa shape index (κ3) is 5.52. The molecule has 2 atom stereocenters. The van der Waals surface area contributed by atoms with E-state index in [1.54, 1.807) is 26.0 Å². The summed E-state index contributed by atoms with van der Waals surface area (Å²) in [6.45, 7) is 3.09. The molecule has 1 aromatic rings. The van der Waals surface area contributed by atoms with Gasteiger partial charge in [-0.15, -0.1) is 0 Å². The molecule has 24 heavy (non-hydrogen) atoms. The molecule has 2 rings (SSSR count). The number of rotatable bonds is 6. The average molecular weight is 423 g/mol. The molecule has 1 aliphatic heterocycles. The maximum Gasteiger partial charge on any atom is 0.305 e. The van der Waals surface area contributed by atoms with E-state index in [4.69, 9.17) is 18.8 Å². The molecular weight excluding hydrogens is 404 g/mol. The van der Waals surface area contributed by atoms with Crippen molar-refractivity contribution in [2.45, 2.75) is 49.6 Å². The van der Waals surface area contributed by atoms with Gasteiger partial charge in [0.25, 0.3) is 10.1 Å². The lowest BCUT2D eigenvalue weighted by Gasteiger charge is -2.40. The molecule has 0 spiro atoms. The van der Waals surface area contributed by atoms with E-state index in [1.165, 1.54) is 12.1 Å². The molecule has 0 amide bonds. The van der Waals surface area contributed by atoms with Crippen molar-refractivity contribution in [3.63, 3.8) is 0 Å². The Balaban J connectivity index is 2.01. The van der Waals surface area contributed by atoms with Gasteiger partial charge in [-0.25, -0.2) is 0 Å². The van der Waals surface area contributed by atoms with Crippen LogP contribution in [0.25, 0.3) is 0 Å². The van der Waals surface area contributed by atoms with Crippen molar-refractivity contribution >= 4 is 32.0 Å². The number of carbonyl (C=O) groups is 1. The van der Waals surface area contributed by atoms with Crippen molar-refractivity contribution < 1.29 is 32.0 Å². The van der Waals surface area contributed by atoms with Crippen molar-refractivity contribution in [2.24, 2.45) is 0 Å². The zero-order valence-corrected chi connectivity index (χ0v) is 15.7. The fourth-order valence-corrected chi connectivity index (χ4v) is 3.68. The van der Waals surface area contributed by atoms with Gasteiger partial charge in [-0.3, -0.25) is 8.98 Å². The molecule has 0 saturated carbocycles. The smallest absolute Gasteiger partial charge is 0.305 e. The van der Waals surface area contributed by atoms with E-state index in [0.29, 0.717) is 0 Å². The molecule has 134 valence electrons. The first-order valence-corrected chi connectivity index (χ1v) is 9.50. The van der Waals surface area contributed by atoms with Crippen LogP contribution in [0.3, 0.4) is 0 Å². The van der Waals surface area contributed by atoms with Crippen molar-refractivity contribution in [3.8, 4) is 0 Å². The summed E-state index contributed by atoms with van der Waals surface area (Å²) in [6.07, 6.45) is -1.08. The number of carboxylic acid groups (broad SMARTS) is 1. The van der Waals surface area contributed by atoms with Gasteiger partial charge in [0.15, 0.2) is 5.79 Å². The summed E-state index contributed by atoms with van der Waals surface area (Å²) in [7, 11) is -3.91. The molecule has 0 bridgehead atoms. The summed E-state index contributed by atoms with van der Waals surface area (Å²) < 4.78 is 41.4. The second-order valence-corrected chi connectivity index (χ2v) is 8.44. The van der Waals surface area contributed by atoms with E-state index in [2.05, 4.69) is 15.9 Å². The number of ether oxygens (including phenoxy) is 2. The van der Waals surface area contributed by atoms with Crippen LogP contribution in [0.2, 0.25) is 0 Å². The Kier molecular flexibility index (Phi) is 6.03. The molecule has 0 radical (unpaired) electrons. The second kappa shape index (κ2) is 7.49. The molecule has 1 saturated heterocycles. The van der Waals surface area contributed by atoms with Gasteiger partial charge in [0.05, 0.1) is 30.1 Å². The Morgan fingerprint density at radius 3 is 2.46 bits per heavy atom. The Morgan fingerprint density at radius 2 is 1.88 bits per heavy atom. The molecule has 0 aromatic heterocycles. The first-order chi connectivity index (χ1) is 11.1. The van der Waals surface area contributed by atoms with Crippen molar-refractivity contribution in [2.75, 3.05) is 6.61 Å². The highest BCUT2D eigenvalue weighted by Gasteiger charge is 2.37. The molecule has 9 heteroatoms. The lowest BCUT2D eigenvalue weighted by atomic mass is 10.1. The molecule has 1 aromatic carbocycles. The van der Waals surface area contributed by atoms with Gasteiger partial charge in [-0.05, 0) is 38.1 Å². The summed E-state index contributed by atoms with van der Waals surface area (Å²) in [5, 5.41) is 8.90. The maximum atomic E-state index is 12.2. The molecule has 1 heterocycles. The number of hydrogen-bond acceptors (Lipinski definition) is 6. The Labute approximate surface area is 149 Å². The predicted molar refractivity (Wildman–Crippen MR) is 88.0 cm³/mol. The first kappa shape index (κ1) is 19.3. The van der Waals surface area contributed by atoms with E-state index in [9.17, 15) is 13.2 Å². The first-order valence-electron chi connectivity index (χ1n) is 7.30. The summed E-state index contributed by atoms with van der Waals surface area (Å²) in [6, 6.07) is 6.07. The standard InChI is InChI=1S/C15H19BrO7S/c1-15(2)22-11(8-14(17)18)7-12(23-15)9-21-24(19,20)13-5-3-10(16)4-6-13/h3-6,11-12H,7-9H2,1-2H3,(H,17,18). The van der Waals surface area contributed by atoms with Gasteiger partial charge in [-0.1, -0.05) is 15.9 Å². The Bertz CT molecular complexity index is 684. The van der Waals surface area contributed by atoms with Gasteiger partial charge in [0.2, 0.25) is 0 Å². The number of carboxylic acids is 1. The topological polar surface area (TPSA) is 99.1 Å². The van der Waals surface area contributed by atoms with Crippen LogP contribution in [0, 0.1) is 0 Å². The average Bonchev–Trinajstić information content (AvgIpc) is 2.43. The zero-order valence-electron chi connectivity index (χ0n) is 13.3. The third-order valence-electron chi connectivity index (χ3n) is 3.34. The van der Waals surface area contributed by atoms with E-state index in [0.717, 1.165) is 4.47 Å². The van der Waals surface area contributed by atoms with E-state index >= 15 is 0 Å². The Morgan fingerprint density at radius 1 is 1.29 bits per heavy atom. The molecule has 7 nitrogen and oxygen atoms in total. The highest BCUT2D eigenvalue weighted by molar-refractivity contribution is 9.10. The summed E-state index contributed by atoms with van der Waals surface area (Å²) in [4.78, 5) is 10.9. The normalized spacial score (nSPS) is 23.8. The van der Waals surface area contributed by atoms with Crippen LogP contribution in [0.4, 0.5) is 0 Å². The van der Waals surface area contributed by atoms with Crippen LogP contribution in [0.15, 0.2) is 33.6 Å². The fraction of sp³-hybridized carbons (Fsp3) is 0.533. The number of benzene rings is 1. The van der Waals surface area contributed by atoms with Gasteiger partial charge < -0.3 is 14.6 Å². The fourth-order valence-electron chi connectivity index (χ4n) is 2.48. The third-order valence-corrected chi connectivity index (χ3v) is 5.17. The minimum absolute atomic E-state index is 0.0408. The largest absolute Gasteiger partial charge is 0.481 e. The summed E-state index contributed by atoms with van der Waals surface area (Å²) in [5.41, 5.74) is 0. The number of aliphatic carboxylic acids is 1. The number of halogens is 1. The molecule has 0 aliphatic carbocycles. The monoisotopic (exact) mass is 422 g/mol. The SMILES string of the molecule is CC1(C)OC(COS(=O)(=O)c2ccc(Br)cc2)CC(CC(=O)O)O1. The molecule has 1 N–H and O–H groups in total. The summed E-state index contributed by atoms with van der Waals surface area (Å²) >= 11 is 3.23. The second-order valence-electron chi connectivity index (χ2n) is 5.91. The number of hydrogen-bond donors (Lipinski definition) is 1. The van der Waals surface area contributed by atoms with Crippen molar-refractivity contribution in [3.05, 3.63) is 28.7 Å². The van der Waals surface area contributed by atoms with Gasteiger partial charge in [0.1, 0.15) is 0 Å². The lowest BCUT2D eigenvalue weighted by molar-refractivity contribution is -0.302. The molecule has 1 fully saturated rings. The van der Waals surface area contributed by atoms with Gasteiger partial charge in [-0.2, -0.15) is 8.42 Å². The van der Waals surface area contributed by atoms with E-state index in [-0.39, 0.29) is 24.3 Å². The van der Waals surface area contributed by atoms with Crippen LogP contribution in [-0.4, -0.2) is 44.1 Å². The van der Waals surface area contributed by atoms with Crippen LogP contribution in [0.5, 0.6) is 0 Å². The minimum Gasteiger partial charge on any atom is -0.481 e. The molecule has 2 unspecified atom stereocenters. The van der Waals surface area contributed by atoms with E-state index < -0.39 is 34.1 Å².